The van der Waals surface area contributed by atoms with Gasteiger partial charge >= 0.3 is 5.97 Å². The van der Waals surface area contributed by atoms with Crippen LogP contribution in [0.15, 0.2) is 17.2 Å². The molecule has 1 aliphatic heterocycles. The minimum absolute atomic E-state index is 0.0124. The molecule has 0 aliphatic carbocycles. The first-order chi connectivity index (χ1) is 12.3. The molecule has 26 heavy (non-hydrogen) atoms. The summed E-state index contributed by atoms with van der Waals surface area (Å²) >= 11 is 0. The number of sulfonamides is 1. The number of rotatable bonds is 8. The van der Waals surface area contributed by atoms with E-state index in [4.69, 9.17) is 4.74 Å². The van der Waals surface area contributed by atoms with Gasteiger partial charge in [-0.15, -0.1) is 0 Å². The Hall–Kier alpha value is -1.87. The van der Waals surface area contributed by atoms with Crippen LogP contribution in [0.4, 0.5) is 0 Å². The van der Waals surface area contributed by atoms with Crippen LogP contribution in [-0.2, 0) is 26.6 Å². The smallest absolute Gasteiger partial charge is 0.355 e. The number of hydrogen-bond acceptors (Lipinski definition) is 5. The van der Waals surface area contributed by atoms with E-state index in [0.29, 0.717) is 13.1 Å². The van der Waals surface area contributed by atoms with Gasteiger partial charge in [-0.3, -0.25) is 4.79 Å². The molecule has 1 atom stereocenters. The summed E-state index contributed by atoms with van der Waals surface area (Å²) in [5.41, 5.74) is 0.0946. The van der Waals surface area contributed by atoms with Crippen LogP contribution in [-0.4, -0.2) is 54.9 Å². The lowest BCUT2D eigenvalue weighted by Gasteiger charge is -2.13. The summed E-state index contributed by atoms with van der Waals surface area (Å²) in [5, 5.41) is 2.74. The van der Waals surface area contributed by atoms with Crippen molar-refractivity contribution in [1.29, 1.82) is 0 Å². The van der Waals surface area contributed by atoms with Gasteiger partial charge < -0.3 is 14.6 Å². The molecule has 0 bridgehead atoms. The summed E-state index contributed by atoms with van der Waals surface area (Å²) in [7, 11) is -2.03. The van der Waals surface area contributed by atoms with Gasteiger partial charge in [0.2, 0.25) is 10.0 Å². The van der Waals surface area contributed by atoms with Crippen LogP contribution in [0.1, 0.15) is 50.0 Å². The zero-order valence-electron chi connectivity index (χ0n) is 15.5. The Morgan fingerprint density at radius 1 is 1.31 bits per heavy atom. The number of esters is 1. The Morgan fingerprint density at radius 2 is 1.96 bits per heavy atom. The molecule has 1 unspecified atom stereocenters. The highest BCUT2D eigenvalue weighted by atomic mass is 32.2. The third kappa shape index (κ3) is 4.85. The average molecular weight is 385 g/mol. The van der Waals surface area contributed by atoms with Gasteiger partial charge in [-0.2, -0.15) is 4.31 Å². The van der Waals surface area contributed by atoms with E-state index < -0.39 is 22.6 Å². The summed E-state index contributed by atoms with van der Waals surface area (Å²) in [6.07, 6.45) is 4.86. The lowest BCUT2D eigenvalue weighted by Crippen LogP contribution is -2.35. The first-order valence-electron chi connectivity index (χ1n) is 8.88. The van der Waals surface area contributed by atoms with Gasteiger partial charge in [0, 0.05) is 32.4 Å². The summed E-state index contributed by atoms with van der Waals surface area (Å²) in [6.45, 7) is 4.49. The second-order valence-corrected chi connectivity index (χ2v) is 8.55. The maximum atomic E-state index is 12.6. The fourth-order valence-electron chi connectivity index (χ4n) is 2.98. The molecule has 0 radical (unpaired) electrons. The van der Waals surface area contributed by atoms with Crippen molar-refractivity contribution >= 4 is 21.9 Å². The van der Waals surface area contributed by atoms with Crippen LogP contribution in [0.3, 0.4) is 0 Å². The topological polar surface area (TPSA) is 97.7 Å². The number of carbonyl (C=O) groups is 2. The maximum absolute atomic E-state index is 12.6. The van der Waals surface area contributed by atoms with Gasteiger partial charge in [0.05, 0.1) is 0 Å². The van der Waals surface area contributed by atoms with Crippen LogP contribution < -0.4 is 5.32 Å². The van der Waals surface area contributed by atoms with Gasteiger partial charge in [0.25, 0.3) is 5.91 Å². The molecule has 1 aromatic heterocycles. The van der Waals surface area contributed by atoms with Crippen LogP contribution in [0, 0.1) is 0 Å². The monoisotopic (exact) mass is 385 g/mol. The molecular weight excluding hydrogens is 358 g/mol. The molecular formula is C17H27N3O5S. The Morgan fingerprint density at radius 3 is 2.58 bits per heavy atom. The van der Waals surface area contributed by atoms with Crippen molar-refractivity contribution in [1.82, 2.24) is 14.2 Å². The minimum atomic E-state index is -3.60. The van der Waals surface area contributed by atoms with Gasteiger partial charge in [0.1, 0.15) is 10.6 Å². The quantitative estimate of drug-likeness (QED) is 0.680. The number of aryl methyl sites for hydroxylation is 1. The number of aromatic nitrogens is 1. The maximum Gasteiger partial charge on any atom is 0.355 e. The second kappa shape index (κ2) is 8.68. The highest BCUT2D eigenvalue weighted by Crippen LogP contribution is 2.22. The van der Waals surface area contributed by atoms with Crippen LogP contribution >= 0.6 is 0 Å². The Bertz CT molecular complexity index is 750. The van der Waals surface area contributed by atoms with Gasteiger partial charge in [-0.05, 0) is 32.3 Å². The lowest BCUT2D eigenvalue weighted by molar-refractivity contribution is -0.124. The molecule has 2 rings (SSSR count). The molecule has 1 N–H and O–H groups in total. The minimum Gasteiger partial charge on any atom is -0.451 e. The molecule has 9 heteroatoms. The van der Waals surface area contributed by atoms with E-state index in [2.05, 4.69) is 5.32 Å². The fraction of sp³-hybridized carbons (Fsp3) is 0.647. The van der Waals surface area contributed by atoms with Crippen molar-refractivity contribution in [2.24, 2.45) is 7.05 Å². The Balaban J connectivity index is 1.99. The normalized spacial score (nSPS) is 16.4. The number of carbonyl (C=O) groups excluding carboxylic acids is 2. The molecule has 0 saturated carbocycles. The molecule has 0 aromatic carbocycles. The number of nitrogens with one attached hydrogen (secondary N) is 1. The largest absolute Gasteiger partial charge is 0.451 e. The molecule has 1 amide bonds. The Kier molecular flexibility index (Phi) is 6.82. The molecule has 1 saturated heterocycles. The molecule has 1 fully saturated rings. The molecule has 1 aromatic rings. The molecule has 1 aliphatic rings. The van der Waals surface area contributed by atoms with Crippen molar-refractivity contribution in [2.75, 3.05) is 19.7 Å². The average Bonchev–Trinajstić information content (AvgIpc) is 3.23. The van der Waals surface area contributed by atoms with Crippen LogP contribution in [0.2, 0.25) is 0 Å². The predicted molar refractivity (Wildman–Crippen MR) is 96.2 cm³/mol. The van der Waals surface area contributed by atoms with E-state index in [1.165, 1.54) is 21.1 Å². The zero-order chi connectivity index (χ0) is 19.3. The summed E-state index contributed by atoms with van der Waals surface area (Å²) in [6, 6.07) is 1.31. The summed E-state index contributed by atoms with van der Waals surface area (Å²) < 4.78 is 33.0. The Labute approximate surface area is 154 Å². The van der Waals surface area contributed by atoms with Crippen molar-refractivity contribution in [3.05, 3.63) is 18.0 Å². The SMILES string of the molecule is CCCC(C)NC(=O)COC(=O)c1cc(S(=O)(=O)N2CCCC2)cn1C. The molecule has 146 valence electrons. The van der Waals surface area contributed by atoms with E-state index in [0.717, 1.165) is 25.7 Å². The standard InChI is InChI=1S/C17H27N3O5S/c1-4-7-13(2)18-16(21)12-25-17(22)15-10-14(11-19(15)3)26(23,24)20-8-5-6-9-20/h10-11,13H,4-9,12H2,1-3H3,(H,18,21). The number of hydrogen-bond donors (Lipinski definition) is 1. The third-order valence-corrected chi connectivity index (χ3v) is 6.22. The molecule has 2 heterocycles. The molecule has 0 spiro atoms. The lowest BCUT2D eigenvalue weighted by atomic mass is 10.2. The van der Waals surface area contributed by atoms with E-state index in [-0.39, 0.29) is 22.5 Å². The van der Waals surface area contributed by atoms with E-state index in [1.807, 2.05) is 13.8 Å². The van der Waals surface area contributed by atoms with E-state index >= 15 is 0 Å². The predicted octanol–water partition coefficient (Wildman–Crippen LogP) is 1.27. The summed E-state index contributed by atoms with van der Waals surface area (Å²) in [5.74, 6) is -1.10. The van der Waals surface area contributed by atoms with Crippen LogP contribution in [0.25, 0.3) is 0 Å². The number of amides is 1. The number of ether oxygens (including phenoxy) is 1. The van der Waals surface area contributed by atoms with Gasteiger partial charge in [0.15, 0.2) is 6.61 Å². The van der Waals surface area contributed by atoms with Crippen molar-refractivity contribution < 1.29 is 22.7 Å². The fourth-order valence-corrected chi connectivity index (χ4v) is 4.57. The molecule has 8 nitrogen and oxygen atoms in total. The van der Waals surface area contributed by atoms with Gasteiger partial charge in [-0.25, -0.2) is 13.2 Å². The third-order valence-electron chi connectivity index (χ3n) is 4.36. The van der Waals surface area contributed by atoms with Crippen molar-refractivity contribution in [2.45, 2.75) is 50.5 Å². The van der Waals surface area contributed by atoms with Gasteiger partial charge in [-0.1, -0.05) is 13.3 Å². The summed E-state index contributed by atoms with van der Waals surface area (Å²) in [4.78, 5) is 24.1. The van der Waals surface area contributed by atoms with E-state index in [9.17, 15) is 18.0 Å². The second-order valence-electron chi connectivity index (χ2n) is 6.62. The van der Waals surface area contributed by atoms with Crippen molar-refractivity contribution in [3.63, 3.8) is 0 Å². The highest BCUT2D eigenvalue weighted by Gasteiger charge is 2.29. The zero-order valence-corrected chi connectivity index (χ0v) is 16.3. The first-order valence-corrected chi connectivity index (χ1v) is 10.3. The first kappa shape index (κ1) is 20.4. The highest BCUT2D eigenvalue weighted by molar-refractivity contribution is 7.89. The van der Waals surface area contributed by atoms with Crippen LogP contribution in [0.5, 0.6) is 0 Å². The number of nitrogens with zero attached hydrogens (tertiary/aromatic N) is 2. The van der Waals surface area contributed by atoms with E-state index in [1.54, 1.807) is 7.05 Å². The van der Waals surface area contributed by atoms with Crippen molar-refractivity contribution in [3.8, 4) is 0 Å².